The Morgan fingerprint density at radius 2 is 1.74 bits per heavy atom. The number of rotatable bonds is 6. The van der Waals surface area contributed by atoms with Crippen molar-refractivity contribution in [2.75, 3.05) is 13.2 Å². The van der Waals surface area contributed by atoms with Gasteiger partial charge in [-0.1, -0.05) is 23.2 Å². The lowest BCUT2D eigenvalue weighted by molar-refractivity contribution is -0.155. The molecule has 126 valence electrons. The molecule has 0 aliphatic heterocycles. The monoisotopic (exact) mass is 363 g/mol. The van der Waals surface area contributed by atoms with Gasteiger partial charge in [-0.3, -0.25) is 14.4 Å². The third kappa shape index (κ3) is 6.33. The molecular weight excluding hydrogens is 349 g/mol. The maximum atomic E-state index is 12.0. The molecule has 9 heteroatoms. The lowest BCUT2D eigenvalue weighted by Gasteiger charge is -2.17. The molecule has 0 saturated heterocycles. The van der Waals surface area contributed by atoms with Crippen LogP contribution in [0.1, 0.15) is 24.2 Å². The maximum absolute atomic E-state index is 12.0. The lowest BCUT2D eigenvalue weighted by Crippen LogP contribution is -2.37. The highest BCUT2D eigenvalue weighted by atomic mass is 35.5. The number of amides is 1. The zero-order valence-electron chi connectivity index (χ0n) is 12.4. The predicted molar refractivity (Wildman–Crippen MR) is 82.6 cm³/mol. The second-order valence-corrected chi connectivity index (χ2v) is 5.35. The first-order chi connectivity index (χ1) is 10.7. The molecule has 0 fully saturated rings. The van der Waals surface area contributed by atoms with Crippen molar-refractivity contribution in [2.45, 2.75) is 20.0 Å². The lowest BCUT2D eigenvalue weighted by atomic mass is 10.2. The van der Waals surface area contributed by atoms with Crippen molar-refractivity contribution in [2.24, 2.45) is 0 Å². The van der Waals surface area contributed by atoms with Crippen molar-refractivity contribution in [3.05, 3.63) is 27.7 Å². The average molecular weight is 364 g/mol. The molecule has 1 atom stereocenters. The van der Waals surface area contributed by atoms with Gasteiger partial charge in [0.1, 0.15) is 6.61 Å². The Hall–Kier alpha value is -1.99. The fraction of sp³-hybridized carbons (Fsp3) is 0.357. The second-order valence-electron chi connectivity index (χ2n) is 4.53. The number of phenols is 1. The van der Waals surface area contributed by atoms with Gasteiger partial charge in [0.2, 0.25) is 0 Å². The van der Waals surface area contributed by atoms with Gasteiger partial charge in [-0.15, -0.1) is 0 Å². The number of hydrogen-bond donors (Lipinski definition) is 2. The van der Waals surface area contributed by atoms with Crippen LogP contribution in [0.5, 0.6) is 5.75 Å². The van der Waals surface area contributed by atoms with Crippen molar-refractivity contribution in [1.82, 2.24) is 5.32 Å². The summed E-state index contributed by atoms with van der Waals surface area (Å²) in [6.07, 6.45) is -0.830. The summed E-state index contributed by atoms with van der Waals surface area (Å²) < 4.78 is 9.68. The van der Waals surface area contributed by atoms with E-state index >= 15 is 0 Å². The highest BCUT2D eigenvalue weighted by Gasteiger charge is 2.17. The van der Waals surface area contributed by atoms with E-state index in [1.807, 2.05) is 0 Å². The van der Waals surface area contributed by atoms with Gasteiger partial charge in [-0.25, -0.2) is 0 Å². The maximum Gasteiger partial charge on any atom is 0.303 e. The molecule has 0 radical (unpaired) electrons. The number of carbonyl (C=O) groups excluding carboxylic acids is 3. The molecule has 0 saturated carbocycles. The van der Waals surface area contributed by atoms with Crippen molar-refractivity contribution in [3.8, 4) is 5.75 Å². The Balaban J connectivity index is 2.70. The van der Waals surface area contributed by atoms with Gasteiger partial charge in [0, 0.05) is 19.4 Å². The number of benzene rings is 1. The standard InChI is InChI=1S/C14H15Cl2NO6/c1-7(18)22-6-10(23-8(2)19)5-17-14(21)9-3-11(15)13(20)12(16)4-9/h3-4,10,20H,5-6H2,1-2H3,(H,17,21). The molecule has 2 N–H and O–H groups in total. The van der Waals surface area contributed by atoms with Crippen LogP contribution in [0.4, 0.5) is 0 Å². The number of esters is 2. The number of aromatic hydroxyl groups is 1. The molecule has 1 unspecified atom stereocenters. The molecule has 7 nitrogen and oxygen atoms in total. The van der Waals surface area contributed by atoms with Crippen LogP contribution in [-0.4, -0.2) is 42.2 Å². The summed E-state index contributed by atoms with van der Waals surface area (Å²) in [6.45, 7) is 2.14. The molecule has 0 spiro atoms. The molecule has 0 aliphatic carbocycles. The van der Waals surface area contributed by atoms with Crippen molar-refractivity contribution in [1.29, 1.82) is 0 Å². The van der Waals surface area contributed by atoms with E-state index in [4.69, 9.17) is 32.7 Å². The minimum atomic E-state index is -0.830. The van der Waals surface area contributed by atoms with Gasteiger partial charge in [0.25, 0.3) is 5.91 Å². The largest absolute Gasteiger partial charge is 0.505 e. The molecule has 0 aliphatic rings. The molecular formula is C14H15Cl2NO6. The fourth-order valence-electron chi connectivity index (χ4n) is 1.58. The van der Waals surface area contributed by atoms with Crippen LogP contribution < -0.4 is 5.32 Å². The predicted octanol–water partition coefficient (Wildman–Crippen LogP) is 1.92. The van der Waals surface area contributed by atoms with E-state index < -0.39 is 23.9 Å². The van der Waals surface area contributed by atoms with Crippen LogP contribution in [0.3, 0.4) is 0 Å². The molecule has 1 aromatic rings. The van der Waals surface area contributed by atoms with Gasteiger partial charge in [-0.05, 0) is 12.1 Å². The fourth-order valence-corrected chi connectivity index (χ4v) is 2.07. The summed E-state index contributed by atoms with van der Waals surface area (Å²) in [5.41, 5.74) is 0.117. The molecule has 0 aromatic heterocycles. The summed E-state index contributed by atoms with van der Waals surface area (Å²) in [5, 5.41) is 11.8. The van der Waals surface area contributed by atoms with Gasteiger partial charge in [0.05, 0.1) is 16.6 Å². The number of carbonyl (C=O) groups is 3. The van der Waals surface area contributed by atoms with Crippen molar-refractivity contribution >= 4 is 41.0 Å². The summed E-state index contributed by atoms with van der Waals surface area (Å²) in [7, 11) is 0. The number of hydrogen-bond acceptors (Lipinski definition) is 6. The first-order valence-corrected chi connectivity index (χ1v) is 7.23. The summed E-state index contributed by atoms with van der Waals surface area (Å²) >= 11 is 11.5. The third-order valence-electron chi connectivity index (χ3n) is 2.57. The second kappa shape index (κ2) is 8.59. The van der Waals surface area contributed by atoms with Crippen LogP contribution in [0.2, 0.25) is 10.0 Å². The number of nitrogens with one attached hydrogen (secondary N) is 1. The minimum Gasteiger partial charge on any atom is -0.505 e. The quantitative estimate of drug-likeness (QED) is 0.748. The molecule has 0 bridgehead atoms. The van der Waals surface area contributed by atoms with E-state index in [0.29, 0.717) is 0 Å². The van der Waals surface area contributed by atoms with E-state index in [0.717, 1.165) is 0 Å². The number of halogens is 2. The zero-order valence-corrected chi connectivity index (χ0v) is 13.9. The first-order valence-electron chi connectivity index (χ1n) is 6.47. The summed E-state index contributed by atoms with van der Waals surface area (Å²) in [4.78, 5) is 33.8. The average Bonchev–Trinajstić information content (AvgIpc) is 2.46. The Morgan fingerprint density at radius 1 is 1.17 bits per heavy atom. The minimum absolute atomic E-state index is 0.0703. The third-order valence-corrected chi connectivity index (χ3v) is 3.15. The highest BCUT2D eigenvalue weighted by Crippen LogP contribution is 2.32. The normalized spacial score (nSPS) is 11.5. The van der Waals surface area contributed by atoms with Crippen molar-refractivity contribution < 1.29 is 29.0 Å². The van der Waals surface area contributed by atoms with E-state index in [-0.39, 0.29) is 34.5 Å². The van der Waals surface area contributed by atoms with Crippen LogP contribution in [0.15, 0.2) is 12.1 Å². The van der Waals surface area contributed by atoms with E-state index in [1.165, 1.54) is 26.0 Å². The molecule has 1 aromatic carbocycles. The van der Waals surface area contributed by atoms with Gasteiger partial charge < -0.3 is 19.9 Å². The smallest absolute Gasteiger partial charge is 0.303 e. The van der Waals surface area contributed by atoms with Gasteiger partial charge in [0.15, 0.2) is 11.9 Å². The van der Waals surface area contributed by atoms with E-state index in [1.54, 1.807) is 0 Å². The zero-order chi connectivity index (χ0) is 17.6. The highest BCUT2D eigenvalue weighted by molar-refractivity contribution is 6.37. The van der Waals surface area contributed by atoms with Crippen LogP contribution in [0, 0.1) is 0 Å². The Bertz CT molecular complexity index is 596. The molecule has 23 heavy (non-hydrogen) atoms. The van der Waals surface area contributed by atoms with Crippen LogP contribution in [-0.2, 0) is 19.1 Å². The molecule has 0 heterocycles. The SMILES string of the molecule is CC(=O)OCC(CNC(=O)c1cc(Cl)c(O)c(Cl)c1)OC(C)=O. The van der Waals surface area contributed by atoms with Crippen LogP contribution >= 0.6 is 23.2 Å². The number of phenolic OH excluding ortho intramolecular Hbond substituents is 1. The van der Waals surface area contributed by atoms with Gasteiger partial charge in [-0.2, -0.15) is 0 Å². The molecule has 1 amide bonds. The van der Waals surface area contributed by atoms with E-state index in [9.17, 15) is 19.5 Å². The number of ether oxygens (including phenoxy) is 2. The van der Waals surface area contributed by atoms with Crippen LogP contribution in [0.25, 0.3) is 0 Å². The van der Waals surface area contributed by atoms with E-state index in [2.05, 4.69) is 5.32 Å². The summed E-state index contributed by atoms with van der Waals surface area (Å²) in [6, 6.07) is 2.48. The Morgan fingerprint density at radius 3 is 2.22 bits per heavy atom. The Labute approximate surface area is 142 Å². The van der Waals surface area contributed by atoms with Crippen molar-refractivity contribution in [3.63, 3.8) is 0 Å². The topological polar surface area (TPSA) is 102 Å². The first kappa shape index (κ1) is 19.1. The molecule has 1 rings (SSSR count). The Kier molecular flexibility index (Phi) is 7.12. The summed E-state index contributed by atoms with van der Waals surface area (Å²) in [5.74, 6) is -1.98. The van der Waals surface area contributed by atoms with Gasteiger partial charge >= 0.3 is 11.9 Å².